The molecular weight excluding hydrogens is 346 g/mol. The molecule has 2 aromatic heterocycles. The number of hydrogen-bond donors (Lipinski definition) is 1. The second-order valence-electron chi connectivity index (χ2n) is 7.48. The lowest BCUT2D eigenvalue weighted by atomic mass is 10.2. The number of aromatic nitrogens is 4. The van der Waals surface area contributed by atoms with Crippen LogP contribution in [0.25, 0.3) is 11.2 Å². The quantitative estimate of drug-likeness (QED) is 0.751. The summed E-state index contributed by atoms with van der Waals surface area (Å²) in [4.78, 5) is 18.0. The van der Waals surface area contributed by atoms with Crippen molar-refractivity contribution < 1.29 is 0 Å². The van der Waals surface area contributed by atoms with Gasteiger partial charge in [-0.3, -0.25) is 4.99 Å². The van der Waals surface area contributed by atoms with E-state index in [4.69, 9.17) is 21.6 Å². The lowest BCUT2D eigenvalue weighted by molar-refractivity contribution is 0.676. The average Bonchev–Trinajstić information content (AvgIpc) is 3.18. The Labute approximate surface area is 157 Å². The topological polar surface area (TPSA) is 58.9 Å². The first-order valence-corrected chi connectivity index (χ1v) is 9.87. The highest BCUT2D eigenvalue weighted by atomic mass is 35.5. The number of benzene rings is 1. The summed E-state index contributed by atoms with van der Waals surface area (Å²) in [5, 5.41) is 0.753. The smallest absolute Gasteiger partial charge is 0.176 e. The summed E-state index contributed by atoms with van der Waals surface area (Å²) in [6.45, 7) is 0.722. The van der Waals surface area contributed by atoms with Crippen molar-refractivity contribution in [2.24, 2.45) is 4.99 Å². The van der Waals surface area contributed by atoms with Gasteiger partial charge in [0.2, 0.25) is 0 Å². The third-order valence-corrected chi connectivity index (χ3v) is 5.63. The van der Waals surface area contributed by atoms with Gasteiger partial charge in [0.1, 0.15) is 11.3 Å². The Balaban J connectivity index is 1.59. The van der Waals surface area contributed by atoms with E-state index in [-0.39, 0.29) is 0 Å². The first-order valence-electron chi connectivity index (χ1n) is 9.49. The minimum absolute atomic E-state index is 0.408. The zero-order valence-corrected chi connectivity index (χ0v) is 15.4. The molecule has 5 nitrogen and oxygen atoms in total. The van der Waals surface area contributed by atoms with Crippen molar-refractivity contribution in [3.8, 4) is 0 Å². The number of nitrogens with zero attached hydrogens (tertiary/aromatic N) is 4. The molecule has 1 aromatic carbocycles. The van der Waals surface area contributed by atoms with E-state index in [1.807, 2.05) is 30.6 Å². The van der Waals surface area contributed by atoms with E-state index in [0.717, 1.165) is 34.0 Å². The van der Waals surface area contributed by atoms with Crippen LogP contribution in [0, 0.1) is 0 Å². The Morgan fingerprint density at radius 1 is 1.12 bits per heavy atom. The molecule has 2 fully saturated rings. The zero-order valence-electron chi connectivity index (χ0n) is 14.7. The molecule has 2 aliphatic rings. The number of H-pyrrole nitrogens is 1. The van der Waals surface area contributed by atoms with Crippen LogP contribution in [0.5, 0.6) is 0 Å². The molecule has 0 unspecified atom stereocenters. The number of halogens is 1. The van der Waals surface area contributed by atoms with E-state index >= 15 is 0 Å². The van der Waals surface area contributed by atoms with Crippen molar-refractivity contribution in [3.63, 3.8) is 0 Å². The number of aromatic amines is 1. The largest absolute Gasteiger partial charge is 0.337 e. The third-order valence-electron chi connectivity index (χ3n) is 5.38. The molecule has 5 rings (SSSR count). The number of hydrogen-bond acceptors (Lipinski definition) is 3. The van der Waals surface area contributed by atoms with Gasteiger partial charge >= 0.3 is 0 Å². The summed E-state index contributed by atoms with van der Waals surface area (Å²) in [6.07, 6.45) is 9.22. The Bertz CT molecular complexity index is 991. The number of imidazole rings is 1. The Morgan fingerprint density at radius 3 is 2.62 bits per heavy atom. The first-order chi connectivity index (χ1) is 12.8. The van der Waals surface area contributed by atoms with Crippen LogP contribution in [-0.2, 0) is 6.54 Å². The van der Waals surface area contributed by atoms with E-state index in [1.165, 1.54) is 44.1 Å². The summed E-state index contributed by atoms with van der Waals surface area (Å²) < 4.78 is 2.11. The van der Waals surface area contributed by atoms with Crippen LogP contribution in [0.4, 0.5) is 0 Å². The number of nitrogens with one attached hydrogen (secondary N) is 1. The van der Waals surface area contributed by atoms with Crippen LogP contribution in [0.1, 0.15) is 55.8 Å². The molecule has 26 heavy (non-hydrogen) atoms. The highest BCUT2D eigenvalue weighted by Gasteiger charge is 2.27. The summed E-state index contributed by atoms with van der Waals surface area (Å²) in [5.74, 6) is 1.66. The maximum Gasteiger partial charge on any atom is 0.176 e. The van der Waals surface area contributed by atoms with Gasteiger partial charge in [-0.2, -0.15) is 0 Å². The molecule has 134 valence electrons. The first kappa shape index (κ1) is 16.1. The Morgan fingerprint density at radius 2 is 1.88 bits per heavy atom. The molecule has 0 atom stereocenters. The van der Waals surface area contributed by atoms with Crippen LogP contribution in [-0.4, -0.2) is 25.6 Å². The van der Waals surface area contributed by atoms with E-state index in [9.17, 15) is 0 Å². The normalized spacial score (nSPS) is 18.9. The molecule has 0 saturated heterocycles. The van der Waals surface area contributed by atoms with Gasteiger partial charge in [-0.25, -0.2) is 9.97 Å². The van der Waals surface area contributed by atoms with E-state index < -0.39 is 0 Å². The maximum absolute atomic E-state index is 6.01. The molecule has 1 N–H and O–H groups in total. The molecule has 2 heterocycles. The second-order valence-corrected chi connectivity index (χ2v) is 7.92. The van der Waals surface area contributed by atoms with Crippen LogP contribution < -0.4 is 5.49 Å². The van der Waals surface area contributed by atoms with Gasteiger partial charge in [-0.1, -0.05) is 36.6 Å². The minimum Gasteiger partial charge on any atom is -0.337 e. The molecule has 3 aromatic rings. The Hall–Kier alpha value is -2.14. The molecule has 0 bridgehead atoms. The standard InChI is InChI=1S/C20H22ClN5/c21-15-9-5-13(6-10-15)11-26-12-22-19(23-16-3-1-2-4-16)17-20(26)25-18(24-17)14-7-8-14/h5-6,9-10,12,14,16H,1-4,7-8,11H2,(H,24,25). The predicted molar refractivity (Wildman–Crippen MR) is 102 cm³/mol. The monoisotopic (exact) mass is 367 g/mol. The van der Waals surface area contributed by atoms with Crippen molar-refractivity contribution in [2.75, 3.05) is 0 Å². The summed E-state index contributed by atoms with van der Waals surface area (Å²) >= 11 is 6.01. The molecule has 0 amide bonds. The van der Waals surface area contributed by atoms with Crippen molar-refractivity contribution in [2.45, 2.75) is 57.0 Å². The lowest BCUT2D eigenvalue weighted by Gasteiger charge is -2.08. The van der Waals surface area contributed by atoms with Crippen LogP contribution in [0.2, 0.25) is 5.02 Å². The van der Waals surface area contributed by atoms with Gasteiger partial charge in [0, 0.05) is 10.9 Å². The fraction of sp³-hybridized carbons (Fsp3) is 0.450. The summed E-state index contributed by atoms with van der Waals surface area (Å²) in [5.41, 5.74) is 3.93. The van der Waals surface area contributed by atoms with Gasteiger partial charge in [-0.05, 0) is 43.4 Å². The minimum atomic E-state index is 0.408. The second kappa shape index (κ2) is 6.54. The van der Waals surface area contributed by atoms with E-state index in [0.29, 0.717) is 12.0 Å². The molecule has 2 aliphatic carbocycles. The zero-order chi connectivity index (χ0) is 17.5. The SMILES string of the molecule is Clc1ccc(Cn2cnc(=NC3CCCC3)c3[nH]c(C4CC4)nc32)cc1. The van der Waals surface area contributed by atoms with Crippen molar-refractivity contribution in [1.29, 1.82) is 0 Å². The molecular formula is C20H22ClN5. The van der Waals surface area contributed by atoms with E-state index in [1.54, 1.807) is 0 Å². The molecule has 0 spiro atoms. The van der Waals surface area contributed by atoms with Crippen LogP contribution >= 0.6 is 11.6 Å². The van der Waals surface area contributed by atoms with Crippen molar-refractivity contribution in [3.05, 3.63) is 52.5 Å². The van der Waals surface area contributed by atoms with Gasteiger partial charge < -0.3 is 9.55 Å². The average molecular weight is 368 g/mol. The Kier molecular flexibility index (Phi) is 4.04. The van der Waals surface area contributed by atoms with Crippen LogP contribution in [0.15, 0.2) is 35.6 Å². The van der Waals surface area contributed by atoms with E-state index in [2.05, 4.69) is 14.5 Å². The number of fused-ring (bicyclic) bond motifs is 1. The van der Waals surface area contributed by atoms with Gasteiger partial charge in [0.05, 0.1) is 18.9 Å². The van der Waals surface area contributed by atoms with Crippen molar-refractivity contribution >= 4 is 22.8 Å². The molecule has 0 aliphatic heterocycles. The van der Waals surface area contributed by atoms with Gasteiger partial charge in [0.25, 0.3) is 0 Å². The number of rotatable bonds is 4. The van der Waals surface area contributed by atoms with Crippen molar-refractivity contribution in [1.82, 2.24) is 19.5 Å². The summed E-state index contributed by atoms with van der Waals surface area (Å²) in [7, 11) is 0. The van der Waals surface area contributed by atoms with Crippen LogP contribution in [0.3, 0.4) is 0 Å². The highest BCUT2D eigenvalue weighted by molar-refractivity contribution is 6.30. The lowest BCUT2D eigenvalue weighted by Crippen LogP contribution is -2.17. The molecule has 6 heteroatoms. The fourth-order valence-electron chi connectivity index (χ4n) is 3.75. The summed E-state index contributed by atoms with van der Waals surface area (Å²) in [6, 6.07) is 8.35. The van der Waals surface area contributed by atoms with Gasteiger partial charge in [-0.15, -0.1) is 0 Å². The fourth-order valence-corrected chi connectivity index (χ4v) is 3.87. The van der Waals surface area contributed by atoms with Gasteiger partial charge in [0.15, 0.2) is 11.1 Å². The maximum atomic E-state index is 6.01. The predicted octanol–water partition coefficient (Wildman–Crippen LogP) is 4.18. The molecule has 2 saturated carbocycles. The molecule has 0 radical (unpaired) electrons. The highest BCUT2D eigenvalue weighted by Crippen LogP contribution is 2.38. The third kappa shape index (κ3) is 3.16.